The quantitative estimate of drug-likeness (QED) is 0.843. The van der Waals surface area contributed by atoms with Crippen molar-refractivity contribution in [2.75, 3.05) is 25.5 Å². The van der Waals surface area contributed by atoms with E-state index in [1.165, 1.54) is 0 Å². The summed E-state index contributed by atoms with van der Waals surface area (Å²) in [5, 5.41) is 5.31. The van der Waals surface area contributed by atoms with Crippen LogP contribution in [0.5, 0.6) is 5.75 Å². The van der Waals surface area contributed by atoms with Gasteiger partial charge in [-0.3, -0.25) is 4.79 Å². The van der Waals surface area contributed by atoms with Crippen LogP contribution in [-0.2, 0) is 4.79 Å². The molecule has 0 heterocycles. The maximum absolute atomic E-state index is 12.0. The molecule has 3 amide bonds. The van der Waals surface area contributed by atoms with Gasteiger partial charge in [0.1, 0.15) is 11.8 Å². The molecule has 0 aliphatic rings. The van der Waals surface area contributed by atoms with Gasteiger partial charge in [0, 0.05) is 18.8 Å². The number of rotatable bonds is 6. The van der Waals surface area contributed by atoms with Gasteiger partial charge in [-0.15, -0.1) is 0 Å². The smallest absolute Gasteiger partial charge is 0.319 e. The number of nitrogens with one attached hydrogen (secondary N) is 2. The van der Waals surface area contributed by atoms with Crippen LogP contribution in [0.2, 0.25) is 0 Å². The Hall–Kier alpha value is -2.24. The van der Waals surface area contributed by atoms with Crippen molar-refractivity contribution in [3.8, 4) is 5.75 Å². The Kier molecular flexibility index (Phi) is 6.52. The van der Waals surface area contributed by atoms with E-state index in [4.69, 9.17) is 4.74 Å². The van der Waals surface area contributed by atoms with Crippen molar-refractivity contribution >= 4 is 17.6 Å². The first-order valence-corrected chi connectivity index (χ1v) is 7.02. The molecule has 0 saturated carbocycles. The van der Waals surface area contributed by atoms with Crippen molar-refractivity contribution in [3.05, 3.63) is 24.3 Å². The van der Waals surface area contributed by atoms with Gasteiger partial charge in [0.2, 0.25) is 5.91 Å². The van der Waals surface area contributed by atoms with Gasteiger partial charge >= 0.3 is 6.03 Å². The van der Waals surface area contributed by atoms with E-state index in [0.29, 0.717) is 24.5 Å². The molecule has 1 atom stereocenters. The van der Waals surface area contributed by atoms with Crippen molar-refractivity contribution in [2.24, 2.45) is 0 Å². The molecule has 116 valence electrons. The number of benzene rings is 1. The summed E-state index contributed by atoms with van der Waals surface area (Å²) in [7, 11) is 1.58. The third-order valence-corrected chi connectivity index (χ3v) is 3.14. The van der Waals surface area contributed by atoms with Crippen molar-refractivity contribution < 1.29 is 14.3 Å². The molecule has 0 fully saturated rings. The highest BCUT2D eigenvalue weighted by molar-refractivity contribution is 5.93. The number of hydrogen-bond donors (Lipinski definition) is 2. The number of anilines is 1. The van der Waals surface area contributed by atoms with Crippen LogP contribution in [0.25, 0.3) is 0 Å². The van der Waals surface area contributed by atoms with E-state index < -0.39 is 12.1 Å². The SMILES string of the molecule is CCN(CC)C(=O)[C@H](C)NC(=O)Nc1ccc(OC)cc1. The molecule has 0 aliphatic heterocycles. The molecule has 21 heavy (non-hydrogen) atoms. The average molecular weight is 293 g/mol. The third-order valence-electron chi connectivity index (χ3n) is 3.14. The van der Waals surface area contributed by atoms with Crippen molar-refractivity contribution in [1.82, 2.24) is 10.2 Å². The van der Waals surface area contributed by atoms with Crippen molar-refractivity contribution in [3.63, 3.8) is 0 Å². The number of carbonyl (C=O) groups is 2. The zero-order chi connectivity index (χ0) is 15.8. The zero-order valence-corrected chi connectivity index (χ0v) is 13.0. The fourth-order valence-corrected chi connectivity index (χ4v) is 1.91. The molecule has 0 bridgehead atoms. The van der Waals surface area contributed by atoms with E-state index in [2.05, 4.69) is 10.6 Å². The summed E-state index contributed by atoms with van der Waals surface area (Å²) in [6.45, 7) is 6.74. The van der Waals surface area contributed by atoms with E-state index >= 15 is 0 Å². The Bertz CT molecular complexity index is 470. The van der Waals surface area contributed by atoms with E-state index in [1.54, 1.807) is 43.2 Å². The highest BCUT2D eigenvalue weighted by atomic mass is 16.5. The molecule has 0 aromatic heterocycles. The summed E-state index contributed by atoms with van der Waals surface area (Å²) in [6.07, 6.45) is 0. The summed E-state index contributed by atoms with van der Waals surface area (Å²) in [4.78, 5) is 25.6. The lowest BCUT2D eigenvalue weighted by molar-refractivity contribution is -0.132. The van der Waals surface area contributed by atoms with Gasteiger partial charge in [-0.05, 0) is 45.0 Å². The topological polar surface area (TPSA) is 70.7 Å². The summed E-state index contributed by atoms with van der Waals surface area (Å²) < 4.78 is 5.04. The molecule has 0 aliphatic carbocycles. The van der Waals surface area contributed by atoms with Crippen LogP contribution in [0.3, 0.4) is 0 Å². The normalized spacial score (nSPS) is 11.4. The number of ether oxygens (including phenoxy) is 1. The largest absolute Gasteiger partial charge is 0.497 e. The molecule has 1 aromatic carbocycles. The molecule has 0 spiro atoms. The summed E-state index contributed by atoms with van der Waals surface area (Å²) in [5.41, 5.74) is 0.635. The number of hydrogen-bond acceptors (Lipinski definition) is 3. The predicted octanol–water partition coefficient (Wildman–Crippen LogP) is 2.07. The lowest BCUT2D eigenvalue weighted by Crippen LogP contribution is -2.48. The number of urea groups is 1. The highest BCUT2D eigenvalue weighted by Crippen LogP contribution is 2.14. The first-order valence-electron chi connectivity index (χ1n) is 7.02. The predicted molar refractivity (Wildman–Crippen MR) is 82.5 cm³/mol. The number of carbonyl (C=O) groups excluding carboxylic acids is 2. The fourth-order valence-electron chi connectivity index (χ4n) is 1.91. The number of likely N-dealkylation sites (N-methyl/N-ethyl adjacent to an activating group) is 1. The highest BCUT2D eigenvalue weighted by Gasteiger charge is 2.19. The Morgan fingerprint density at radius 3 is 2.24 bits per heavy atom. The minimum Gasteiger partial charge on any atom is -0.497 e. The summed E-state index contributed by atoms with van der Waals surface area (Å²) >= 11 is 0. The fraction of sp³-hybridized carbons (Fsp3) is 0.467. The average Bonchev–Trinajstić information content (AvgIpc) is 2.49. The zero-order valence-electron chi connectivity index (χ0n) is 13.0. The first kappa shape index (κ1) is 16.8. The molecular formula is C15H23N3O3. The molecule has 0 radical (unpaired) electrons. The first-order chi connectivity index (χ1) is 10.0. The van der Waals surface area contributed by atoms with Crippen LogP contribution in [-0.4, -0.2) is 43.1 Å². The van der Waals surface area contributed by atoms with E-state index in [1.807, 2.05) is 13.8 Å². The van der Waals surface area contributed by atoms with Gasteiger partial charge in [-0.1, -0.05) is 0 Å². The Balaban J connectivity index is 2.54. The van der Waals surface area contributed by atoms with Gasteiger partial charge < -0.3 is 20.3 Å². The van der Waals surface area contributed by atoms with Crippen LogP contribution in [0.15, 0.2) is 24.3 Å². The van der Waals surface area contributed by atoms with Crippen LogP contribution in [0.4, 0.5) is 10.5 Å². The van der Waals surface area contributed by atoms with Gasteiger partial charge in [0.15, 0.2) is 0 Å². The molecular weight excluding hydrogens is 270 g/mol. The van der Waals surface area contributed by atoms with Crippen LogP contribution in [0.1, 0.15) is 20.8 Å². The number of methoxy groups -OCH3 is 1. The Morgan fingerprint density at radius 2 is 1.76 bits per heavy atom. The van der Waals surface area contributed by atoms with Gasteiger partial charge in [0.25, 0.3) is 0 Å². The minimum absolute atomic E-state index is 0.0927. The second-order valence-corrected chi connectivity index (χ2v) is 4.56. The lowest BCUT2D eigenvalue weighted by atomic mass is 10.3. The standard InChI is InChI=1S/C15H23N3O3/c1-5-18(6-2)14(19)11(3)16-15(20)17-12-7-9-13(21-4)10-8-12/h7-11H,5-6H2,1-4H3,(H2,16,17,20)/t11-/m0/s1. The van der Waals surface area contributed by atoms with Gasteiger partial charge in [0.05, 0.1) is 7.11 Å². The monoisotopic (exact) mass is 293 g/mol. The van der Waals surface area contributed by atoms with Crippen LogP contribution < -0.4 is 15.4 Å². The molecule has 6 nitrogen and oxygen atoms in total. The second kappa shape index (κ2) is 8.14. The maximum Gasteiger partial charge on any atom is 0.319 e. The summed E-state index contributed by atoms with van der Waals surface area (Å²) in [6, 6.07) is 5.99. The van der Waals surface area contributed by atoms with Crippen molar-refractivity contribution in [1.29, 1.82) is 0 Å². The lowest BCUT2D eigenvalue weighted by Gasteiger charge is -2.23. The molecule has 1 aromatic rings. The van der Waals surface area contributed by atoms with E-state index in [-0.39, 0.29) is 5.91 Å². The number of nitrogens with zero attached hydrogens (tertiary/aromatic N) is 1. The molecule has 0 saturated heterocycles. The Morgan fingerprint density at radius 1 is 1.19 bits per heavy atom. The summed E-state index contributed by atoms with van der Waals surface area (Å²) in [5.74, 6) is 0.621. The van der Waals surface area contributed by atoms with Crippen LogP contribution >= 0.6 is 0 Å². The molecule has 0 unspecified atom stereocenters. The minimum atomic E-state index is -0.567. The van der Waals surface area contributed by atoms with Crippen molar-refractivity contribution in [2.45, 2.75) is 26.8 Å². The van der Waals surface area contributed by atoms with Crippen LogP contribution in [0, 0.1) is 0 Å². The van der Waals surface area contributed by atoms with E-state index in [9.17, 15) is 9.59 Å². The molecule has 2 N–H and O–H groups in total. The number of amides is 3. The third kappa shape index (κ3) is 4.98. The van der Waals surface area contributed by atoms with Gasteiger partial charge in [-0.25, -0.2) is 4.79 Å². The molecule has 1 rings (SSSR count). The maximum atomic E-state index is 12.0. The second-order valence-electron chi connectivity index (χ2n) is 4.56. The molecule has 6 heteroatoms. The van der Waals surface area contributed by atoms with Gasteiger partial charge in [-0.2, -0.15) is 0 Å². The Labute approximate surface area is 125 Å². The van der Waals surface area contributed by atoms with E-state index in [0.717, 1.165) is 0 Å².